The molecule has 0 aliphatic carbocycles. The maximum Gasteiger partial charge on any atom is 0.189 e. The lowest BCUT2D eigenvalue weighted by atomic mass is 9.90. The fourth-order valence-corrected chi connectivity index (χ4v) is 4.64. The first-order chi connectivity index (χ1) is 17.7. The predicted octanol–water partition coefficient (Wildman–Crippen LogP) is 4.82. The van der Waals surface area contributed by atoms with E-state index < -0.39 is 0 Å². The molecule has 2 aromatic heterocycles. The molecular formula is C29H37N5O3. The molecule has 8 nitrogen and oxygen atoms in total. The number of benzene rings is 2. The van der Waals surface area contributed by atoms with Crippen LogP contribution in [0, 0.1) is 6.92 Å². The van der Waals surface area contributed by atoms with Gasteiger partial charge in [0.05, 0.1) is 32.6 Å². The lowest BCUT2D eigenvalue weighted by Crippen LogP contribution is -2.22. The van der Waals surface area contributed by atoms with Crippen molar-refractivity contribution in [1.29, 1.82) is 0 Å². The minimum Gasteiger partial charge on any atom is -0.497 e. The van der Waals surface area contributed by atoms with Crippen LogP contribution in [0.25, 0.3) is 23.1 Å². The Morgan fingerprint density at radius 2 is 1.68 bits per heavy atom. The van der Waals surface area contributed by atoms with Crippen molar-refractivity contribution >= 4 is 17.4 Å². The minimum atomic E-state index is -0.213. The van der Waals surface area contributed by atoms with Gasteiger partial charge in [0.15, 0.2) is 23.0 Å². The third-order valence-corrected chi connectivity index (χ3v) is 6.66. The van der Waals surface area contributed by atoms with Crippen LogP contribution in [0.4, 0.5) is 5.69 Å². The first-order valence-electron chi connectivity index (χ1n) is 12.6. The molecule has 2 heterocycles. The van der Waals surface area contributed by atoms with Gasteiger partial charge in [0, 0.05) is 35.5 Å². The number of rotatable bonds is 8. The van der Waals surface area contributed by atoms with Crippen molar-refractivity contribution in [1.82, 2.24) is 19.8 Å². The molecule has 8 heteroatoms. The summed E-state index contributed by atoms with van der Waals surface area (Å²) in [6.07, 6.45) is 2.17. The van der Waals surface area contributed by atoms with Crippen LogP contribution >= 0.6 is 0 Å². The first kappa shape index (κ1) is 26.3. The van der Waals surface area contributed by atoms with Gasteiger partial charge in [0.25, 0.3) is 0 Å². The molecule has 0 unspecified atom stereocenters. The zero-order valence-electron chi connectivity index (χ0n) is 23.3. The Kier molecular flexibility index (Phi) is 7.30. The average Bonchev–Trinajstić information content (AvgIpc) is 3.45. The summed E-state index contributed by atoms with van der Waals surface area (Å²) >= 11 is 0. The van der Waals surface area contributed by atoms with Gasteiger partial charge in [-0.05, 0) is 56.2 Å². The van der Waals surface area contributed by atoms with E-state index in [9.17, 15) is 0 Å². The van der Waals surface area contributed by atoms with Crippen molar-refractivity contribution in [3.63, 3.8) is 0 Å². The van der Waals surface area contributed by atoms with E-state index in [0.29, 0.717) is 34.3 Å². The molecule has 0 spiro atoms. The number of nitrogens with zero attached hydrogens (tertiary/aromatic N) is 5. The van der Waals surface area contributed by atoms with Crippen molar-refractivity contribution in [2.45, 2.75) is 47.0 Å². The second kappa shape index (κ2) is 10.3. The molecular weight excluding hydrogens is 466 g/mol. The van der Waals surface area contributed by atoms with Gasteiger partial charge in [-0.15, -0.1) is 10.2 Å². The summed E-state index contributed by atoms with van der Waals surface area (Å²) < 4.78 is 18.6. The Hall–Kier alpha value is -3.81. The highest BCUT2D eigenvalue weighted by atomic mass is 16.5. The first-order valence-corrected chi connectivity index (χ1v) is 12.6. The molecule has 0 amide bonds. The third kappa shape index (κ3) is 4.80. The fourth-order valence-electron chi connectivity index (χ4n) is 4.64. The second-order valence-electron chi connectivity index (χ2n) is 10.0. The van der Waals surface area contributed by atoms with E-state index >= 15 is 0 Å². The number of ether oxygens (including phenoxy) is 3. The molecule has 0 fully saturated rings. The smallest absolute Gasteiger partial charge is 0.189 e. The zero-order valence-corrected chi connectivity index (χ0v) is 23.3. The average molecular weight is 504 g/mol. The normalized spacial score (nSPS) is 12.3. The maximum absolute atomic E-state index is 5.70. The summed E-state index contributed by atoms with van der Waals surface area (Å²) in [7, 11) is 4.82. The molecule has 0 saturated heterocycles. The summed E-state index contributed by atoms with van der Waals surface area (Å²) in [4.78, 5) is 2.35. The van der Waals surface area contributed by atoms with Crippen molar-refractivity contribution in [2.75, 3.05) is 39.3 Å². The van der Waals surface area contributed by atoms with Crippen LogP contribution < -0.4 is 24.3 Å². The van der Waals surface area contributed by atoms with Gasteiger partial charge in [-0.2, -0.15) is 9.61 Å². The molecule has 0 bridgehead atoms. The van der Waals surface area contributed by atoms with Gasteiger partial charge < -0.3 is 19.1 Å². The van der Waals surface area contributed by atoms with Crippen LogP contribution in [-0.2, 0) is 5.41 Å². The predicted molar refractivity (Wildman–Crippen MR) is 148 cm³/mol. The van der Waals surface area contributed by atoms with Gasteiger partial charge in [-0.3, -0.25) is 0 Å². The highest BCUT2D eigenvalue weighted by molar-refractivity contribution is 5.74. The monoisotopic (exact) mass is 503 g/mol. The number of anilines is 1. The second-order valence-corrected chi connectivity index (χ2v) is 10.0. The van der Waals surface area contributed by atoms with E-state index in [1.54, 1.807) is 31.9 Å². The molecule has 2 aromatic carbocycles. The molecule has 0 aliphatic rings. The van der Waals surface area contributed by atoms with E-state index in [1.807, 2.05) is 6.07 Å². The summed E-state index contributed by atoms with van der Waals surface area (Å²) in [5.74, 6) is 2.28. The molecule has 37 heavy (non-hydrogen) atoms. The summed E-state index contributed by atoms with van der Waals surface area (Å²) in [6.45, 7) is 14.9. The van der Waals surface area contributed by atoms with Crippen molar-refractivity contribution in [2.24, 2.45) is 0 Å². The topological polar surface area (TPSA) is 74.0 Å². The molecule has 0 aliphatic heterocycles. The highest BCUT2D eigenvalue weighted by Gasteiger charge is 2.26. The van der Waals surface area contributed by atoms with Gasteiger partial charge in [-0.1, -0.05) is 26.8 Å². The molecule has 0 atom stereocenters. The van der Waals surface area contributed by atoms with Gasteiger partial charge in [0.1, 0.15) is 5.75 Å². The molecule has 196 valence electrons. The molecule has 0 N–H and O–H groups in total. The van der Waals surface area contributed by atoms with E-state index in [1.165, 1.54) is 11.3 Å². The van der Waals surface area contributed by atoms with Crippen LogP contribution in [0.15, 0.2) is 30.3 Å². The summed E-state index contributed by atoms with van der Waals surface area (Å²) in [5.41, 5.74) is 5.66. The highest BCUT2D eigenvalue weighted by Crippen LogP contribution is 2.41. The van der Waals surface area contributed by atoms with Gasteiger partial charge in [0.2, 0.25) is 0 Å². The molecule has 0 radical (unpaired) electrons. The lowest BCUT2D eigenvalue weighted by molar-refractivity contribution is 0.350. The fraction of sp³-hybridized carbons (Fsp3) is 0.414. The van der Waals surface area contributed by atoms with Crippen molar-refractivity contribution in [3.8, 4) is 28.6 Å². The van der Waals surface area contributed by atoms with Gasteiger partial charge >= 0.3 is 0 Å². The molecule has 0 saturated carbocycles. The van der Waals surface area contributed by atoms with Crippen LogP contribution in [-0.4, -0.2) is 54.2 Å². The Balaban J connectivity index is 1.96. The zero-order chi connectivity index (χ0) is 26.9. The largest absolute Gasteiger partial charge is 0.497 e. The Labute approximate surface area is 218 Å². The SMILES string of the molecule is CCN(CC)c1ccc(C=c2c(C(C)(C)C)nn3c(-c4cc(OC)cc(OC)c4OC)nnc23)c(C)c1. The Morgan fingerprint density at radius 3 is 2.24 bits per heavy atom. The van der Waals surface area contributed by atoms with Crippen molar-refractivity contribution < 1.29 is 14.2 Å². The number of hydrogen-bond donors (Lipinski definition) is 0. The van der Waals surface area contributed by atoms with Crippen LogP contribution in [0.1, 0.15) is 51.4 Å². The van der Waals surface area contributed by atoms with E-state index in [-0.39, 0.29) is 5.41 Å². The number of hydrogen-bond acceptors (Lipinski definition) is 7. The van der Waals surface area contributed by atoms with Crippen molar-refractivity contribution in [3.05, 3.63) is 52.4 Å². The summed E-state index contributed by atoms with van der Waals surface area (Å²) in [5, 5.41) is 15.1. The van der Waals surface area contributed by atoms with Crippen LogP contribution in [0.5, 0.6) is 17.2 Å². The third-order valence-electron chi connectivity index (χ3n) is 6.66. The number of fused-ring (bicyclic) bond motifs is 1. The molecule has 4 rings (SSSR count). The number of aryl methyl sites for hydroxylation is 1. The molecule has 4 aromatic rings. The Bertz CT molecular complexity index is 1470. The van der Waals surface area contributed by atoms with Crippen LogP contribution in [0.2, 0.25) is 0 Å². The summed E-state index contributed by atoms with van der Waals surface area (Å²) in [6, 6.07) is 10.2. The van der Waals surface area contributed by atoms with E-state index in [0.717, 1.165) is 29.6 Å². The standard InChI is InChI=1S/C29H37N5O3/c1-10-33(11-2)20-13-12-19(18(3)14-20)15-23-26(29(4,5)6)32-34-27(30-31-28(23)34)22-16-21(35-7)17-24(36-8)25(22)37-9/h12-17H,10-11H2,1-9H3. The lowest BCUT2D eigenvalue weighted by Gasteiger charge is -2.22. The maximum atomic E-state index is 5.70. The van der Waals surface area contributed by atoms with E-state index in [2.05, 4.69) is 80.9 Å². The van der Waals surface area contributed by atoms with Crippen LogP contribution in [0.3, 0.4) is 0 Å². The number of methoxy groups -OCH3 is 3. The quantitative estimate of drug-likeness (QED) is 0.341. The minimum absolute atomic E-state index is 0.213. The number of aromatic nitrogens is 4. The van der Waals surface area contributed by atoms with Gasteiger partial charge in [-0.25, -0.2) is 0 Å². The van der Waals surface area contributed by atoms with E-state index in [4.69, 9.17) is 19.3 Å². The Morgan fingerprint density at radius 1 is 0.946 bits per heavy atom.